The summed E-state index contributed by atoms with van der Waals surface area (Å²) >= 11 is 3.46. The first-order chi connectivity index (χ1) is 15.1. The highest BCUT2D eigenvalue weighted by atomic mass is 79.9. The number of hydrogen-bond acceptors (Lipinski definition) is 5. The molecule has 0 radical (unpaired) electrons. The molecule has 0 spiro atoms. The van der Waals surface area contributed by atoms with Crippen molar-refractivity contribution in [1.29, 1.82) is 0 Å². The zero-order valence-corrected chi connectivity index (χ0v) is 18.9. The number of nitrogens with one attached hydrogen (secondary N) is 1. The molecule has 1 amide bonds. The van der Waals surface area contributed by atoms with Gasteiger partial charge < -0.3 is 14.2 Å². The fourth-order valence-electron chi connectivity index (χ4n) is 2.80. The summed E-state index contributed by atoms with van der Waals surface area (Å²) in [5.41, 5.74) is 4.74. The Kier molecular flexibility index (Phi) is 8.06. The number of ether oxygens (including phenoxy) is 3. The molecule has 0 bridgehead atoms. The Balaban J connectivity index is 1.69. The van der Waals surface area contributed by atoms with Crippen LogP contribution in [-0.2, 0) is 6.61 Å². The van der Waals surface area contributed by atoms with Gasteiger partial charge in [-0.3, -0.25) is 4.79 Å². The number of carbonyl (C=O) groups excluding carboxylic acids is 1. The third-order valence-corrected chi connectivity index (χ3v) is 4.80. The maximum atomic E-state index is 12.5. The van der Waals surface area contributed by atoms with Crippen LogP contribution in [0.5, 0.6) is 17.2 Å². The van der Waals surface area contributed by atoms with Crippen molar-refractivity contribution in [1.82, 2.24) is 5.43 Å². The van der Waals surface area contributed by atoms with Crippen molar-refractivity contribution in [2.45, 2.75) is 13.5 Å². The van der Waals surface area contributed by atoms with Crippen LogP contribution in [0, 0.1) is 0 Å². The molecule has 0 aliphatic heterocycles. The Morgan fingerprint density at radius 3 is 2.52 bits per heavy atom. The van der Waals surface area contributed by atoms with Gasteiger partial charge in [-0.15, -0.1) is 0 Å². The van der Waals surface area contributed by atoms with Gasteiger partial charge in [0.25, 0.3) is 5.91 Å². The molecule has 0 saturated carbocycles. The van der Waals surface area contributed by atoms with Gasteiger partial charge in [0.1, 0.15) is 12.4 Å². The molecule has 31 heavy (non-hydrogen) atoms. The van der Waals surface area contributed by atoms with Crippen molar-refractivity contribution in [3.05, 3.63) is 87.9 Å². The lowest BCUT2D eigenvalue weighted by Gasteiger charge is -2.11. The second kappa shape index (κ2) is 11.2. The Hall–Kier alpha value is -3.32. The van der Waals surface area contributed by atoms with Crippen molar-refractivity contribution < 1.29 is 19.0 Å². The molecule has 3 rings (SSSR count). The maximum absolute atomic E-state index is 12.5. The summed E-state index contributed by atoms with van der Waals surface area (Å²) in [5.74, 6) is 1.37. The van der Waals surface area contributed by atoms with E-state index in [0.717, 1.165) is 15.6 Å². The number of benzene rings is 3. The first-order valence-electron chi connectivity index (χ1n) is 9.71. The third-order valence-electron chi connectivity index (χ3n) is 4.30. The number of hydrogen-bond donors (Lipinski definition) is 1. The van der Waals surface area contributed by atoms with Gasteiger partial charge >= 0.3 is 0 Å². The lowest BCUT2D eigenvalue weighted by molar-refractivity contribution is 0.0954. The summed E-state index contributed by atoms with van der Waals surface area (Å²) in [4.78, 5) is 12.5. The van der Waals surface area contributed by atoms with Gasteiger partial charge in [-0.05, 0) is 48.9 Å². The molecule has 0 aromatic heterocycles. The van der Waals surface area contributed by atoms with E-state index in [-0.39, 0.29) is 5.91 Å². The van der Waals surface area contributed by atoms with E-state index in [0.29, 0.717) is 36.0 Å². The molecule has 0 saturated heterocycles. The van der Waals surface area contributed by atoms with Gasteiger partial charge in [-0.2, -0.15) is 5.10 Å². The Morgan fingerprint density at radius 2 is 1.77 bits per heavy atom. The van der Waals surface area contributed by atoms with Crippen LogP contribution in [0.3, 0.4) is 0 Å². The van der Waals surface area contributed by atoms with Gasteiger partial charge in [0, 0.05) is 15.6 Å². The van der Waals surface area contributed by atoms with Crippen LogP contribution in [0.25, 0.3) is 0 Å². The predicted octanol–water partition coefficient (Wildman–Crippen LogP) is 5.20. The second-order valence-corrected chi connectivity index (χ2v) is 7.37. The summed E-state index contributed by atoms with van der Waals surface area (Å²) < 4.78 is 17.6. The predicted molar refractivity (Wildman–Crippen MR) is 124 cm³/mol. The minimum atomic E-state index is -0.360. The van der Waals surface area contributed by atoms with Crippen molar-refractivity contribution in [2.24, 2.45) is 5.10 Å². The largest absolute Gasteiger partial charge is 0.493 e. The van der Waals surface area contributed by atoms with E-state index in [4.69, 9.17) is 14.2 Å². The smallest absolute Gasteiger partial charge is 0.271 e. The summed E-state index contributed by atoms with van der Waals surface area (Å²) in [7, 11) is 1.55. The van der Waals surface area contributed by atoms with Crippen LogP contribution < -0.4 is 19.6 Å². The van der Waals surface area contributed by atoms with E-state index in [1.165, 1.54) is 0 Å². The number of rotatable bonds is 9. The molecule has 3 aromatic carbocycles. The Labute approximate surface area is 190 Å². The molecule has 160 valence electrons. The Bertz CT molecular complexity index is 1050. The average molecular weight is 483 g/mol. The average Bonchev–Trinajstić information content (AvgIpc) is 2.79. The molecule has 0 unspecified atom stereocenters. The van der Waals surface area contributed by atoms with Crippen molar-refractivity contribution in [2.75, 3.05) is 13.7 Å². The number of halogens is 1. The van der Waals surface area contributed by atoms with Crippen molar-refractivity contribution in [3.8, 4) is 17.2 Å². The van der Waals surface area contributed by atoms with Gasteiger partial charge in [0.05, 0.1) is 19.9 Å². The molecule has 1 N–H and O–H groups in total. The number of amides is 1. The van der Waals surface area contributed by atoms with Crippen molar-refractivity contribution in [3.63, 3.8) is 0 Å². The highest BCUT2D eigenvalue weighted by Gasteiger charge is 2.11. The summed E-state index contributed by atoms with van der Waals surface area (Å²) in [6.07, 6.45) is 1.55. The third kappa shape index (κ3) is 6.33. The molecule has 6 nitrogen and oxygen atoms in total. The second-order valence-electron chi connectivity index (χ2n) is 6.45. The molecule has 0 fully saturated rings. The number of hydrazone groups is 1. The van der Waals surface area contributed by atoms with Crippen LogP contribution in [0.4, 0.5) is 0 Å². The minimum Gasteiger partial charge on any atom is -0.493 e. The van der Waals surface area contributed by atoms with Gasteiger partial charge in [0.15, 0.2) is 11.5 Å². The van der Waals surface area contributed by atoms with Gasteiger partial charge in [-0.1, -0.05) is 46.3 Å². The molecule has 0 aliphatic rings. The van der Waals surface area contributed by atoms with Crippen LogP contribution in [-0.4, -0.2) is 25.8 Å². The molecule has 3 aromatic rings. The van der Waals surface area contributed by atoms with Gasteiger partial charge in [0.2, 0.25) is 0 Å². The minimum absolute atomic E-state index is 0.360. The standard InChI is InChI=1S/C24H23BrN2O4/c1-3-30-23-14-18(9-11-22(23)29-2)24(28)27-26-15-19-13-20(25)10-12-21(19)31-16-17-7-5-4-6-8-17/h4-15H,3,16H2,1-2H3,(H,27,28)/b26-15+. The Morgan fingerprint density at radius 1 is 1.00 bits per heavy atom. The van der Waals surface area contributed by atoms with E-state index in [9.17, 15) is 4.79 Å². The zero-order valence-electron chi connectivity index (χ0n) is 17.3. The van der Waals surface area contributed by atoms with E-state index in [2.05, 4.69) is 26.5 Å². The molecule has 0 atom stereocenters. The van der Waals surface area contributed by atoms with E-state index in [1.54, 1.807) is 31.5 Å². The highest BCUT2D eigenvalue weighted by Crippen LogP contribution is 2.28. The summed E-state index contributed by atoms with van der Waals surface area (Å²) in [6, 6.07) is 20.5. The maximum Gasteiger partial charge on any atom is 0.271 e. The van der Waals surface area contributed by atoms with Crippen LogP contribution in [0.15, 0.2) is 76.3 Å². The quantitative estimate of drug-likeness (QED) is 0.336. The molecule has 7 heteroatoms. The molecule has 0 aliphatic carbocycles. The fraction of sp³-hybridized carbons (Fsp3) is 0.167. The normalized spacial score (nSPS) is 10.7. The zero-order chi connectivity index (χ0) is 22.1. The van der Waals surface area contributed by atoms with E-state index < -0.39 is 0 Å². The molecular formula is C24H23BrN2O4. The highest BCUT2D eigenvalue weighted by molar-refractivity contribution is 9.10. The van der Waals surface area contributed by atoms with Crippen LogP contribution in [0.2, 0.25) is 0 Å². The number of methoxy groups -OCH3 is 1. The lowest BCUT2D eigenvalue weighted by atomic mass is 10.2. The molecule has 0 heterocycles. The SMILES string of the molecule is CCOc1cc(C(=O)N/N=C/c2cc(Br)ccc2OCc2ccccc2)ccc1OC. The topological polar surface area (TPSA) is 69.2 Å². The van der Waals surface area contributed by atoms with Crippen molar-refractivity contribution >= 4 is 28.1 Å². The van der Waals surface area contributed by atoms with E-state index >= 15 is 0 Å². The number of carbonyl (C=O) groups is 1. The lowest BCUT2D eigenvalue weighted by Crippen LogP contribution is -2.17. The first-order valence-corrected chi connectivity index (χ1v) is 10.5. The van der Waals surface area contributed by atoms with Gasteiger partial charge in [-0.25, -0.2) is 5.43 Å². The van der Waals surface area contributed by atoms with Crippen LogP contribution in [0.1, 0.15) is 28.4 Å². The monoisotopic (exact) mass is 482 g/mol. The molecular weight excluding hydrogens is 460 g/mol. The number of nitrogens with zero attached hydrogens (tertiary/aromatic N) is 1. The summed E-state index contributed by atoms with van der Waals surface area (Å²) in [6.45, 7) is 2.77. The first kappa shape index (κ1) is 22.4. The summed E-state index contributed by atoms with van der Waals surface area (Å²) in [5, 5.41) is 4.10. The fourth-order valence-corrected chi connectivity index (χ4v) is 3.18. The van der Waals surface area contributed by atoms with E-state index in [1.807, 2.05) is 55.5 Å². The van der Waals surface area contributed by atoms with Crippen LogP contribution >= 0.6 is 15.9 Å².